The second kappa shape index (κ2) is 7.31. The van der Waals surface area contributed by atoms with Gasteiger partial charge in [0.25, 0.3) is 0 Å². The van der Waals surface area contributed by atoms with Crippen molar-refractivity contribution in [1.29, 1.82) is 0 Å². The molecule has 0 spiro atoms. The van der Waals surface area contributed by atoms with Crippen molar-refractivity contribution in [2.45, 2.75) is 63.7 Å². The molecule has 4 nitrogen and oxygen atoms in total. The van der Waals surface area contributed by atoms with Gasteiger partial charge in [-0.2, -0.15) is 0 Å². The number of halogens is 1. The highest BCUT2D eigenvalue weighted by Crippen LogP contribution is 2.27. The molecule has 0 amide bonds. The Morgan fingerprint density at radius 1 is 1.30 bits per heavy atom. The Morgan fingerprint density at radius 3 is 2.35 bits per heavy atom. The molecule has 0 aliphatic heterocycles. The van der Waals surface area contributed by atoms with Crippen LogP contribution in [0.3, 0.4) is 0 Å². The predicted octanol–water partition coefficient (Wildman–Crippen LogP) is 2.49. The Bertz CT molecular complexity index is 465. The van der Waals surface area contributed by atoms with Gasteiger partial charge in [-0.25, -0.2) is 12.8 Å². The summed E-state index contributed by atoms with van der Waals surface area (Å²) in [6.07, 6.45) is 5.88. The van der Waals surface area contributed by atoms with Crippen LogP contribution >= 0.6 is 0 Å². The molecule has 1 atom stereocenters. The maximum Gasteiger partial charge on any atom is 0.208 e. The molecule has 0 bridgehead atoms. The van der Waals surface area contributed by atoms with Gasteiger partial charge >= 0.3 is 0 Å². The monoisotopic (exact) mass is 305 g/mol. The standard InChI is InChI=1S/C14H24FNO3S/c1-10(2)20(18,19)9-12(15)14(17)13(16)8-11-6-4-3-5-7-11/h9-11,13H,3-8,16H2,1-2H3/t13-/m0/s1. The van der Waals surface area contributed by atoms with Gasteiger partial charge in [0.1, 0.15) is 0 Å². The van der Waals surface area contributed by atoms with Crippen LogP contribution in [0, 0.1) is 5.92 Å². The summed E-state index contributed by atoms with van der Waals surface area (Å²) in [4.78, 5) is 11.8. The van der Waals surface area contributed by atoms with Crippen molar-refractivity contribution in [2.75, 3.05) is 0 Å². The summed E-state index contributed by atoms with van der Waals surface area (Å²) in [6.45, 7) is 2.87. The molecule has 0 unspecified atom stereocenters. The Hall–Kier alpha value is -0.750. The first-order valence-electron chi connectivity index (χ1n) is 7.15. The van der Waals surface area contributed by atoms with Gasteiger partial charge in [-0.1, -0.05) is 32.1 Å². The van der Waals surface area contributed by atoms with Crippen molar-refractivity contribution in [2.24, 2.45) is 11.7 Å². The summed E-state index contributed by atoms with van der Waals surface area (Å²) in [7, 11) is -3.72. The first-order chi connectivity index (χ1) is 9.24. The number of sulfone groups is 1. The zero-order valence-corrected chi connectivity index (χ0v) is 13.0. The molecule has 1 aliphatic carbocycles. The number of hydrogen-bond donors (Lipinski definition) is 1. The number of nitrogens with two attached hydrogens (primary N) is 1. The van der Waals surface area contributed by atoms with Crippen molar-refractivity contribution in [1.82, 2.24) is 0 Å². The van der Waals surface area contributed by atoms with Crippen LogP contribution in [-0.4, -0.2) is 25.5 Å². The fourth-order valence-electron chi connectivity index (χ4n) is 2.40. The number of carbonyl (C=O) groups excluding carboxylic acids is 1. The molecule has 1 saturated carbocycles. The Balaban J connectivity index is 2.66. The maximum absolute atomic E-state index is 13.7. The van der Waals surface area contributed by atoms with Crippen molar-refractivity contribution >= 4 is 15.6 Å². The summed E-state index contributed by atoms with van der Waals surface area (Å²) >= 11 is 0. The molecule has 2 N–H and O–H groups in total. The largest absolute Gasteiger partial charge is 0.321 e. The minimum atomic E-state index is -3.72. The number of Topliss-reactive ketones (excluding diaryl/α,β-unsaturated/α-hetero) is 1. The molecular formula is C14H24FNO3S. The molecule has 0 radical (unpaired) electrons. The summed E-state index contributed by atoms with van der Waals surface area (Å²) in [6, 6.07) is -0.947. The first-order valence-corrected chi connectivity index (χ1v) is 8.76. The van der Waals surface area contributed by atoms with Crippen LogP contribution in [0.25, 0.3) is 0 Å². The summed E-state index contributed by atoms with van der Waals surface area (Å²) in [5.41, 5.74) is 5.72. The normalized spacial score (nSPS) is 20.1. The van der Waals surface area contributed by atoms with Crippen molar-refractivity contribution in [3.8, 4) is 0 Å². The molecule has 116 valence electrons. The van der Waals surface area contributed by atoms with E-state index in [4.69, 9.17) is 5.73 Å². The zero-order valence-electron chi connectivity index (χ0n) is 12.1. The Labute approximate surface area is 120 Å². The quantitative estimate of drug-likeness (QED) is 0.765. The van der Waals surface area contributed by atoms with Gasteiger partial charge in [0.05, 0.1) is 16.7 Å². The fourth-order valence-corrected chi connectivity index (χ4v) is 3.08. The molecule has 1 rings (SSSR count). The summed E-state index contributed by atoms with van der Waals surface area (Å²) in [5.74, 6) is -1.81. The minimum Gasteiger partial charge on any atom is -0.321 e. The fraction of sp³-hybridized carbons (Fsp3) is 0.786. The zero-order chi connectivity index (χ0) is 15.3. The van der Waals surface area contributed by atoms with Crippen molar-refractivity contribution < 1.29 is 17.6 Å². The molecule has 1 fully saturated rings. The third kappa shape index (κ3) is 4.98. The van der Waals surface area contributed by atoms with Crippen LogP contribution in [0.2, 0.25) is 0 Å². The van der Waals surface area contributed by atoms with E-state index in [-0.39, 0.29) is 0 Å². The van der Waals surface area contributed by atoms with Gasteiger partial charge in [0.15, 0.2) is 15.7 Å². The Kier molecular flexibility index (Phi) is 6.33. The van der Waals surface area contributed by atoms with Crippen LogP contribution in [0.4, 0.5) is 4.39 Å². The van der Waals surface area contributed by atoms with Crippen molar-refractivity contribution in [3.63, 3.8) is 0 Å². The van der Waals surface area contributed by atoms with Crippen LogP contribution < -0.4 is 5.73 Å². The molecule has 20 heavy (non-hydrogen) atoms. The average molecular weight is 305 g/mol. The van der Waals surface area contributed by atoms with E-state index in [1.807, 2.05) is 0 Å². The van der Waals surface area contributed by atoms with E-state index in [0.29, 0.717) is 17.7 Å². The SMILES string of the molecule is CC(C)S(=O)(=O)C=C(F)C(=O)[C@@H](N)CC1CCCCC1. The highest BCUT2D eigenvalue weighted by atomic mass is 32.2. The molecular weight excluding hydrogens is 281 g/mol. The first kappa shape index (κ1) is 17.3. The van der Waals surface area contributed by atoms with Gasteiger partial charge in [-0.05, 0) is 26.2 Å². The molecule has 0 aromatic heterocycles. The van der Waals surface area contributed by atoms with Gasteiger partial charge in [0.2, 0.25) is 5.78 Å². The number of hydrogen-bond acceptors (Lipinski definition) is 4. The van der Waals surface area contributed by atoms with Crippen LogP contribution in [0.1, 0.15) is 52.4 Å². The Morgan fingerprint density at radius 2 is 1.85 bits per heavy atom. The van der Waals surface area contributed by atoms with Gasteiger partial charge in [0, 0.05) is 0 Å². The van der Waals surface area contributed by atoms with E-state index in [1.54, 1.807) is 0 Å². The highest BCUT2D eigenvalue weighted by Gasteiger charge is 2.25. The lowest BCUT2D eigenvalue weighted by molar-refractivity contribution is -0.118. The number of ketones is 1. The molecule has 0 aromatic carbocycles. The average Bonchev–Trinajstić information content (AvgIpc) is 2.38. The summed E-state index contributed by atoms with van der Waals surface area (Å²) < 4.78 is 36.8. The van der Waals surface area contributed by atoms with Crippen LogP contribution in [-0.2, 0) is 14.6 Å². The lowest BCUT2D eigenvalue weighted by atomic mass is 9.84. The van der Waals surface area contributed by atoms with Crippen molar-refractivity contribution in [3.05, 3.63) is 11.2 Å². The maximum atomic E-state index is 13.7. The summed E-state index contributed by atoms with van der Waals surface area (Å²) in [5, 5.41) is -0.337. The van der Waals surface area contributed by atoms with E-state index in [9.17, 15) is 17.6 Å². The molecule has 0 heterocycles. The van der Waals surface area contributed by atoms with E-state index in [0.717, 1.165) is 25.7 Å². The lowest BCUT2D eigenvalue weighted by Crippen LogP contribution is -2.34. The third-order valence-electron chi connectivity index (χ3n) is 3.81. The van der Waals surface area contributed by atoms with Crippen LogP contribution in [0.15, 0.2) is 11.2 Å². The van der Waals surface area contributed by atoms with E-state index in [1.165, 1.54) is 20.3 Å². The second-order valence-electron chi connectivity index (χ2n) is 5.81. The molecule has 6 heteroatoms. The minimum absolute atomic E-state index is 0.345. The van der Waals surface area contributed by atoms with Crippen LogP contribution in [0.5, 0.6) is 0 Å². The molecule has 1 aliphatic rings. The second-order valence-corrected chi connectivity index (χ2v) is 8.17. The van der Waals surface area contributed by atoms with Gasteiger partial charge in [-0.15, -0.1) is 0 Å². The lowest BCUT2D eigenvalue weighted by Gasteiger charge is -2.23. The topological polar surface area (TPSA) is 77.2 Å². The third-order valence-corrected chi connectivity index (χ3v) is 5.66. The number of rotatable bonds is 6. The van der Waals surface area contributed by atoms with E-state index >= 15 is 0 Å². The van der Waals surface area contributed by atoms with Gasteiger partial charge < -0.3 is 5.73 Å². The van der Waals surface area contributed by atoms with E-state index in [2.05, 4.69) is 0 Å². The van der Waals surface area contributed by atoms with Gasteiger partial charge in [-0.3, -0.25) is 4.79 Å². The highest BCUT2D eigenvalue weighted by molar-refractivity contribution is 7.94. The molecule has 0 saturated heterocycles. The van der Waals surface area contributed by atoms with E-state index < -0.39 is 32.7 Å². The number of carbonyl (C=O) groups is 1. The predicted molar refractivity (Wildman–Crippen MR) is 77.4 cm³/mol. The molecule has 0 aromatic rings. The smallest absolute Gasteiger partial charge is 0.208 e.